The summed E-state index contributed by atoms with van der Waals surface area (Å²) in [7, 11) is 1.50. The highest BCUT2D eigenvalue weighted by molar-refractivity contribution is 5.95. The molecule has 1 saturated carbocycles. The summed E-state index contributed by atoms with van der Waals surface area (Å²) in [5.41, 5.74) is 0.732. The van der Waals surface area contributed by atoms with Gasteiger partial charge in [-0.05, 0) is 30.9 Å². The molecule has 6 nitrogen and oxygen atoms in total. The molecule has 0 bridgehead atoms. The topological polar surface area (TPSA) is 84.3 Å². The summed E-state index contributed by atoms with van der Waals surface area (Å²) >= 11 is 0. The number of anilines is 1. The van der Waals surface area contributed by atoms with Crippen LogP contribution >= 0.6 is 0 Å². The van der Waals surface area contributed by atoms with Crippen LogP contribution in [0, 0.1) is 16.0 Å². The Morgan fingerprint density at radius 2 is 2.15 bits per heavy atom. The molecule has 108 valence electrons. The number of nitro groups is 1. The normalized spacial score (nSPS) is 21.5. The van der Waals surface area contributed by atoms with Gasteiger partial charge in [-0.25, -0.2) is 0 Å². The van der Waals surface area contributed by atoms with Gasteiger partial charge in [0.15, 0.2) is 0 Å². The zero-order valence-electron chi connectivity index (χ0n) is 11.7. The number of nitrogens with one attached hydrogen (secondary N) is 2. The van der Waals surface area contributed by atoms with Crippen LogP contribution in [0.15, 0.2) is 18.2 Å². The average Bonchev–Trinajstić information content (AvgIpc) is 2.83. The van der Waals surface area contributed by atoms with Crippen molar-refractivity contribution in [3.8, 4) is 0 Å². The number of rotatable bonds is 4. The van der Waals surface area contributed by atoms with Crippen molar-refractivity contribution in [3.63, 3.8) is 0 Å². The minimum absolute atomic E-state index is 0.0507. The van der Waals surface area contributed by atoms with E-state index >= 15 is 0 Å². The second-order valence-corrected chi connectivity index (χ2v) is 5.23. The molecule has 0 saturated heterocycles. The monoisotopic (exact) mass is 277 g/mol. The van der Waals surface area contributed by atoms with Crippen LogP contribution < -0.4 is 10.6 Å². The van der Waals surface area contributed by atoms with Crippen LogP contribution in [0.5, 0.6) is 0 Å². The fourth-order valence-corrected chi connectivity index (χ4v) is 2.65. The molecule has 0 heterocycles. The van der Waals surface area contributed by atoms with Crippen LogP contribution in [0.3, 0.4) is 0 Å². The average molecular weight is 277 g/mol. The van der Waals surface area contributed by atoms with Gasteiger partial charge in [-0.15, -0.1) is 0 Å². The second kappa shape index (κ2) is 5.90. The Labute approximate surface area is 117 Å². The fourth-order valence-electron chi connectivity index (χ4n) is 2.65. The maximum Gasteiger partial charge on any atom is 0.293 e. The molecule has 1 aliphatic carbocycles. The SMILES string of the molecule is CNC(=O)c1ccc(NC2CCCC2C)c([N+](=O)[O-])c1. The minimum atomic E-state index is -0.450. The Kier molecular flexibility index (Phi) is 4.22. The zero-order valence-corrected chi connectivity index (χ0v) is 11.7. The van der Waals surface area contributed by atoms with Gasteiger partial charge in [0.05, 0.1) is 4.92 Å². The van der Waals surface area contributed by atoms with Crippen molar-refractivity contribution in [1.82, 2.24) is 5.32 Å². The third-order valence-corrected chi connectivity index (χ3v) is 3.89. The highest BCUT2D eigenvalue weighted by Crippen LogP contribution is 2.32. The second-order valence-electron chi connectivity index (χ2n) is 5.23. The Morgan fingerprint density at radius 1 is 1.40 bits per heavy atom. The summed E-state index contributed by atoms with van der Waals surface area (Å²) in [6.45, 7) is 2.15. The molecule has 1 aliphatic rings. The van der Waals surface area contributed by atoms with E-state index in [0.29, 0.717) is 17.2 Å². The first-order valence-corrected chi connectivity index (χ1v) is 6.80. The van der Waals surface area contributed by atoms with Crippen LogP contribution in [-0.4, -0.2) is 23.9 Å². The summed E-state index contributed by atoms with van der Waals surface area (Å²) < 4.78 is 0. The van der Waals surface area contributed by atoms with E-state index in [0.717, 1.165) is 19.3 Å². The van der Waals surface area contributed by atoms with Crippen molar-refractivity contribution in [2.75, 3.05) is 12.4 Å². The van der Waals surface area contributed by atoms with Crippen molar-refractivity contribution in [2.24, 2.45) is 5.92 Å². The number of nitrogens with zero attached hydrogens (tertiary/aromatic N) is 1. The van der Waals surface area contributed by atoms with Gasteiger partial charge in [0.25, 0.3) is 11.6 Å². The largest absolute Gasteiger partial charge is 0.376 e. The fraction of sp³-hybridized carbons (Fsp3) is 0.500. The van der Waals surface area contributed by atoms with E-state index in [1.165, 1.54) is 13.1 Å². The highest BCUT2D eigenvalue weighted by atomic mass is 16.6. The minimum Gasteiger partial charge on any atom is -0.376 e. The van der Waals surface area contributed by atoms with E-state index in [9.17, 15) is 14.9 Å². The number of hydrogen-bond donors (Lipinski definition) is 2. The molecule has 2 atom stereocenters. The molecular formula is C14H19N3O3. The Bertz CT molecular complexity index is 530. The molecule has 1 aromatic rings. The number of carbonyl (C=O) groups is 1. The first-order valence-electron chi connectivity index (χ1n) is 6.80. The standard InChI is InChI=1S/C14H19N3O3/c1-9-4-3-5-11(9)16-12-7-6-10(14(18)15-2)8-13(12)17(19)20/h6-9,11,16H,3-5H2,1-2H3,(H,15,18). The van der Waals surface area contributed by atoms with Gasteiger partial charge < -0.3 is 10.6 Å². The lowest BCUT2D eigenvalue weighted by Crippen LogP contribution is -2.23. The van der Waals surface area contributed by atoms with Gasteiger partial charge in [0, 0.05) is 24.7 Å². The number of benzene rings is 1. The molecular weight excluding hydrogens is 258 g/mol. The first kappa shape index (κ1) is 14.3. The molecule has 20 heavy (non-hydrogen) atoms. The molecule has 0 aromatic heterocycles. The molecule has 1 amide bonds. The van der Waals surface area contributed by atoms with Gasteiger partial charge in [-0.2, -0.15) is 0 Å². The Balaban J connectivity index is 2.28. The first-order chi connectivity index (χ1) is 9.52. The van der Waals surface area contributed by atoms with Crippen LogP contribution in [-0.2, 0) is 0 Å². The maximum atomic E-state index is 11.5. The maximum absolute atomic E-state index is 11.5. The summed E-state index contributed by atoms with van der Waals surface area (Å²) in [6.07, 6.45) is 3.31. The number of nitro benzene ring substituents is 1. The third-order valence-electron chi connectivity index (χ3n) is 3.89. The summed E-state index contributed by atoms with van der Waals surface area (Å²) in [6, 6.07) is 4.81. The van der Waals surface area contributed by atoms with Crippen LogP contribution in [0.2, 0.25) is 0 Å². The summed E-state index contributed by atoms with van der Waals surface area (Å²) in [4.78, 5) is 22.3. The lowest BCUT2D eigenvalue weighted by molar-refractivity contribution is -0.384. The van der Waals surface area contributed by atoms with Crippen molar-refractivity contribution in [1.29, 1.82) is 0 Å². The number of hydrogen-bond acceptors (Lipinski definition) is 4. The molecule has 1 aromatic carbocycles. The highest BCUT2D eigenvalue weighted by Gasteiger charge is 2.26. The van der Waals surface area contributed by atoms with E-state index in [4.69, 9.17) is 0 Å². The van der Waals surface area contributed by atoms with Gasteiger partial charge in [-0.1, -0.05) is 13.3 Å². The summed E-state index contributed by atoms with van der Waals surface area (Å²) in [5, 5.41) is 16.9. The van der Waals surface area contributed by atoms with Crippen molar-refractivity contribution in [3.05, 3.63) is 33.9 Å². The molecule has 2 N–H and O–H groups in total. The van der Waals surface area contributed by atoms with Crippen LogP contribution in [0.4, 0.5) is 11.4 Å². The van der Waals surface area contributed by atoms with Crippen LogP contribution in [0.25, 0.3) is 0 Å². The molecule has 0 spiro atoms. The van der Waals surface area contributed by atoms with Gasteiger partial charge in [0.1, 0.15) is 5.69 Å². The molecule has 2 rings (SSSR count). The number of amides is 1. The molecule has 1 fully saturated rings. The lowest BCUT2D eigenvalue weighted by atomic mass is 10.1. The number of carbonyl (C=O) groups excluding carboxylic acids is 1. The predicted molar refractivity (Wildman–Crippen MR) is 76.9 cm³/mol. The Hall–Kier alpha value is -2.11. The van der Waals surface area contributed by atoms with E-state index in [1.807, 2.05) is 0 Å². The molecule has 2 unspecified atom stereocenters. The van der Waals surface area contributed by atoms with E-state index in [2.05, 4.69) is 17.6 Å². The lowest BCUT2D eigenvalue weighted by Gasteiger charge is -2.18. The van der Waals surface area contributed by atoms with E-state index in [1.54, 1.807) is 12.1 Å². The smallest absolute Gasteiger partial charge is 0.293 e. The van der Waals surface area contributed by atoms with Crippen molar-refractivity contribution < 1.29 is 9.72 Å². The van der Waals surface area contributed by atoms with Gasteiger partial charge >= 0.3 is 0 Å². The van der Waals surface area contributed by atoms with Gasteiger partial charge in [0.2, 0.25) is 0 Å². The van der Waals surface area contributed by atoms with Crippen LogP contribution in [0.1, 0.15) is 36.5 Å². The van der Waals surface area contributed by atoms with Crippen molar-refractivity contribution >= 4 is 17.3 Å². The Morgan fingerprint density at radius 3 is 2.70 bits per heavy atom. The van der Waals surface area contributed by atoms with Gasteiger partial charge in [-0.3, -0.25) is 14.9 Å². The predicted octanol–water partition coefficient (Wildman–Crippen LogP) is 2.55. The van der Waals surface area contributed by atoms with E-state index in [-0.39, 0.29) is 17.6 Å². The quantitative estimate of drug-likeness (QED) is 0.654. The molecule has 0 aliphatic heterocycles. The van der Waals surface area contributed by atoms with Crippen molar-refractivity contribution in [2.45, 2.75) is 32.2 Å². The molecule has 6 heteroatoms. The zero-order chi connectivity index (χ0) is 14.7. The van der Waals surface area contributed by atoms with E-state index < -0.39 is 4.92 Å². The molecule has 0 radical (unpaired) electrons. The summed E-state index contributed by atoms with van der Waals surface area (Å²) in [5.74, 6) is 0.183. The third kappa shape index (κ3) is 2.89.